The van der Waals surface area contributed by atoms with E-state index in [4.69, 9.17) is 4.74 Å². The number of methoxy groups -OCH3 is 1. The molecule has 0 unspecified atom stereocenters. The molecule has 1 aromatic rings. The fraction of sp³-hybridized carbons (Fsp3) is 0.632. The van der Waals surface area contributed by atoms with E-state index in [1.807, 2.05) is 12.1 Å². The summed E-state index contributed by atoms with van der Waals surface area (Å²) >= 11 is 0. The molecule has 0 aromatic heterocycles. The van der Waals surface area contributed by atoms with Gasteiger partial charge in [0.15, 0.2) is 0 Å². The van der Waals surface area contributed by atoms with Crippen molar-refractivity contribution in [2.24, 2.45) is 17.8 Å². The van der Waals surface area contributed by atoms with Crippen molar-refractivity contribution in [3.8, 4) is 0 Å². The van der Waals surface area contributed by atoms with Crippen LogP contribution in [-0.2, 0) is 9.53 Å². The normalized spacial score (nSPS) is 34.2. The van der Waals surface area contributed by atoms with Gasteiger partial charge in [-0.15, -0.1) is 0 Å². The largest absolute Gasteiger partial charge is 0.468 e. The summed E-state index contributed by atoms with van der Waals surface area (Å²) in [5.74, 6) is 2.52. The van der Waals surface area contributed by atoms with Crippen LogP contribution in [0.2, 0.25) is 0 Å². The molecule has 2 N–H and O–H groups in total. The molecule has 5 rings (SSSR count). The molecule has 4 saturated carbocycles. The van der Waals surface area contributed by atoms with Gasteiger partial charge < -0.3 is 15.4 Å². The van der Waals surface area contributed by atoms with Crippen LogP contribution in [0.3, 0.4) is 0 Å². The van der Waals surface area contributed by atoms with Crippen LogP contribution >= 0.6 is 0 Å². The third-order valence-electron chi connectivity index (χ3n) is 6.02. The predicted octanol–water partition coefficient (Wildman–Crippen LogP) is 3.65. The Balaban J connectivity index is 1.51. The van der Waals surface area contributed by atoms with Crippen LogP contribution in [0, 0.1) is 17.8 Å². The van der Waals surface area contributed by atoms with Gasteiger partial charge in [-0.3, -0.25) is 4.79 Å². The van der Waals surface area contributed by atoms with E-state index in [0.29, 0.717) is 0 Å². The Kier molecular flexibility index (Phi) is 3.70. The highest BCUT2D eigenvalue weighted by Crippen LogP contribution is 2.56. The van der Waals surface area contributed by atoms with Gasteiger partial charge in [0.25, 0.3) is 0 Å². The Morgan fingerprint density at radius 3 is 2.22 bits per heavy atom. The van der Waals surface area contributed by atoms with E-state index >= 15 is 0 Å². The van der Waals surface area contributed by atoms with Gasteiger partial charge >= 0.3 is 5.97 Å². The number of ether oxygens (including phenoxy) is 1. The van der Waals surface area contributed by atoms with E-state index in [0.717, 1.165) is 29.1 Å². The quantitative estimate of drug-likeness (QED) is 0.815. The summed E-state index contributed by atoms with van der Waals surface area (Å²) in [4.78, 5) is 11.4. The molecule has 1 aromatic carbocycles. The fourth-order valence-electron chi connectivity index (χ4n) is 5.54. The van der Waals surface area contributed by atoms with E-state index in [1.54, 1.807) is 0 Å². The average Bonchev–Trinajstić information content (AvgIpc) is 2.52. The van der Waals surface area contributed by atoms with Crippen molar-refractivity contribution in [2.75, 3.05) is 24.3 Å². The molecule has 4 fully saturated rings. The van der Waals surface area contributed by atoms with Crippen LogP contribution in [0.25, 0.3) is 0 Å². The van der Waals surface area contributed by atoms with E-state index in [-0.39, 0.29) is 18.1 Å². The zero-order valence-electron chi connectivity index (χ0n) is 13.8. The smallest absolute Gasteiger partial charge is 0.325 e. The SMILES string of the molecule is COC(=O)CNc1ccccc1NC12CC3CC(CC(C3)C1)C2. The van der Waals surface area contributed by atoms with Gasteiger partial charge in [-0.25, -0.2) is 0 Å². The zero-order valence-corrected chi connectivity index (χ0v) is 13.8. The first kappa shape index (κ1) is 14.9. The highest BCUT2D eigenvalue weighted by Gasteiger charge is 2.51. The lowest BCUT2D eigenvalue weighted by atomic mass is 9.53. The molecule has 0 amide bonds. The van der Waals surface area contributed by atoms with Crippen molar-refractivity contribution in [3.05, 3.63) is 24.3 Å². The summed E-state index contributed by atoms with van der Waals surface area (Å²) in [6, 6.07) is 8.22. The number of hydrogen-bond donors (Lipinski definition) is 2. The highest BCUT2D eigenvalue weighted by molar-refractivity contribution is 5.78. The van der Waals surface area contributed by atoms with Crippen LogP contribution in [-0.4, -0.2) is 25.2 Å². The molecular formula is C19H26N2O2. The first-order valence-electron chi connectivity index (χ1n) is 8.84. The molecule has 0 atom stereocenters. The summed E-state index contributed by atoms with van der Waals surface area (Å²) in [6.07, 6.45) is 8.27. The number of esters is 1. The number of rotatable bonds is 5. The Labute approximate surface area is 138 Å². The summed E-state index contributed by atoms with van der Waals surface area (Å²) in [5, 5.41) is 7.09. The van der Waals surface area contributed by atoms with E-state index in [1.165, 1.54) is 45.6 Å². The Morgan fingerprint density at radius 1 is 1.09 bits per heavy atom. The number of para-hydroxylation sites is 2. The minimum atomic E-state index is -0.241. The van der Waals surface area contributed by atoms with Crippen LogP contribution in [0.4, 0.5) is 11.4 Å². The zero-order chi connectivity index (χ0) is 15.9. The van der Waals surface area contributed by atoms with E-state index in [2.05, 4.69) is 22.8 Å². The van der Waals surface area contributed by atoms with Crippen LogP contribution in [0.1, 0.15) is 38.5 Å². The third kappa shape index (κ3) is 2.91. The van der Waals surface area contributed by atoms with Crippen LogP contribution in [0.5, 0.6) is 0 Å². The molecular weight excluding hydrogens is 288 g/mol. The molecule has 4 aliphatic carbocycles. The molecule has 0 heterocycles. The standard InChI is InChI=1S/C19H26N2O2/c1-23-18(22)12-20-16-4-2-3-5-17(16)21-19-9-13-6-14(10-19)8-15(7-13)11-19/h2-5,13-15,20-21H,6-12H2,1H3. The molecule has 0 saturated heterocycles. The van der Waals surface area contributed by atoms with Gasteiger partial charge in [0, 0.05) is 5.54 Å². The molecule has 4 aliphatic rings. The lowest BCUT2D eigenvalue weighted by Crippen LogP contribution is -2.54. The minimum absolute atomic E-state index is 0.204. The predicted molar refractivity (Wildman–Crippen MR) is 91.5 cm³/mol. The van der Waals surface area contributed by atoms with Crippen molar-refractivity contribution < 1.29 is 9.53 Å². The van der Waals surface area contributed by atoms with Crippen molar-refractivity contribution in [3.63, 3.8) is 0 Å². The van der Waals surface area contributed by atoms with Crippen molar-refractivity contribution >= 4 is 17.3 Å². The number of nitrogens with one attached hydrogen (secondary N) is 2. The lowest BCUT2D eigenvalue weighted by Gasteiger charge is -2.57. The molecule has 124 valence electrons. The highest BCUT2D eigenvalue weighted by atomic mass is 16.5. The molecule has 0 aliphatic heterocycles. The minimum Gasteiger partial charge on any atom is -0.468 e. The lowest BCUT2D eigenvalue weighted by molar-refractivity contribution is -0.138. The molecule has 4 nitrogen and oxygen atoms in total. The number of benzene rings is 1. The molecule has 0 radical (unpaired) electrons. The topological polar surface area (TPSA) is 50.4 Å². The summed E-state index contributed by atoms with van der Waals surface area (Å²) in [6.45, 7) is 0.204. The molecule has 0 spiro atoms. The second kappa shape index (κ2) is 5.73. The summed E-state index contributed by atoms with van der Waals surface area (Å²) in [5.41, 5.74) is 2.39. The van der Waals surface area contributed by atoms with Crippen molar-refractivity contribution in [1.82, 2.24) is 0 Å². The van der Waals surface area contributed by atoms with Crippen molar-refractivity contribution in [1.29, 1.82) is 0 Å². The average molecular weight is 314 g/mol. The van der Waals surface area contributed by atoms with Gasteiger partial charge in [-0.1, -0.05) is 12.1 Å². The van der Waals surface area contributed by atoms with Gasteiger partial charge in [0.2, 0.25) is 0 Å². The monoisotopic (exact) mass is 314 g/mol. The van der Waals surface area contributed by atoms with E-state index < -0.39 is 0 Å². The first-order chi connectivity index (χ1) is 11.2. The second-order valence-corrected chi connectivity index (χ2v) is 7.80. The van der Waals surface area contributed by atoms with Gasteiger partial charge in [0.05, 0.1) is 18.5 Å². The third-order valence-corrected chi connectivity index (χ3v) is 6.02. The fourth-order valence-corrected chi connectivity index (χ4v) is 5.54. The maximum Gasteiger partial charge on any atom is 0.325 e. The Bertz CT molecular complexity index is 564. The van der Waals surface area contributed by atoms with Gasteiger partial charge in [0.1, 0.15) is 6.54 Å². The molecule has 4 heteroatoms. The van der Waals surface area contributed by atoms with Gasteiger partial charge in [-0.2, -0.15) is 0 Å². The maximum atomic E-state index is 11.4. The van der Waals surface area contributed by atoms with Gasteiger partial charge in [-0.05, 0) is 68.4 Å². The summed E-state index contributed by atoms with van der Waals surface area (Å²) < 4.78 is 4.72. The Hall–Kier alpha value is -1.71. The number of carbonyl (C=O) groups is 1. The number of hydrogen-bond acceptors (Lipinski definition) is 4. The Morgan fingerprint density at radius 2 is 1.65 bits per heavy atom. The first-order valence-corrected chi connectivity index (χ1v) is 8.84. The molecule has 23 heavy (non-hydrogen) atoms. The van der Waals surface area contributed by atoms with Crippen molar-refractivity contribution in [2.45, 2.75) is 44.1 Å². The number of anilines is 2. The second-order valence-electron chi connectivity index (χ2n) is 7.80. The summed E-state index contributed by atoms with van der Waals surface area (Å²) in [7, 11) is 1.42. The van der Waals surface area contributed by atoms with Crippen LogP contribution in [0.15, 0.2) is 24.3 Å². The molecule has 4 bridgehead atoms. The van der Waals surface area contributed by atoms with Crippen LogP contribution < -0.4 is 10.6 Å². The van der Waals surface area contributed by atoms with E-state index in [9.17, 15) is 4.79 Å². The number of carbonyl (C=O) groups excluding carboxylic acids is 1. The maximum absolute atomic E-state index is 11.4.